The van der Waals surface area contributed by atoms with Crippen LogP contribution < -0.4 is 19.7 Å². The van der Waals surface area contributed by atoms with Gasteiger partial charge in [0.25, 0.3) is 5.91 Å². The highest BCUT2D eigenvalue weighted by Gasteiger charge is 2.46. The smallest absolute Gasteiger partial charge is 0.414 e. The molecule has 4 heterocycles. The fourth-order valence-corrected chi connectivity index (χ4v) is 6.77. The van der Waals surface area contributed by atoms with Crippen molar-refractivity contribution in [2.75, 3.05) is 37.1 Å². The number of aryl methyl sites for hydroxylation is 1. The molecule has 3 amide bonds. The molecule has 51 heavy (non-hydrogen) atoms. The molecule has 0 aliphatic carbocycles. The average Bonchev–Trinajstić information content (AvgIpc) is 3.45. The van der Waals surface area contributed by atoms with Crippen LogP contribution in [0.1, 0.15) is 77.6 Å². The Morgan fingerprint density at radius 2 is 1.86 bits per heavy atom. The molecule has 3 aliphatic rings. The molecule has 1 aromatic heterocycles. The van der Waals surface area contributed by atoms with Crippen LogP contribution in [0.2, 0.25) is 0 Å². The zero-order valence-corrected chi connectivity index (χ0v) is 29.0. The largest absolute Gasteiger partial charge is 0.493 e. The number of amides is 3. The van der Waals surface area contributed by atoms with Crippen LogP contribution in [-0.4, -0.2) is 88.9 Å². The highest BCUT2D eigenvalue weighted by Crippen LogP contribution is 2.42. The minimum absolute atomic E-state index is 0.0285. The van der Waals surface area contributed by atoms with Crippen molar-refractivity contribution in [3.8, 4) is 11.5 Å². The van der Waals surface area contributed by atoms with E-state index in [1.807, 2.05) is 12.1 Å². The number of imidazole rings is 1. The summed E-state index contributed by atoms with van der Waals surface area (Å²) >= 11 is 0. The Hall–Kier alpha value is -5.15. The molecule has 2 unspecified atom stereocenters. The minimum Gasteiger partial charge on any atom is -0.493 e. The van der Waals surface area contributed by atoms with Gasteiger partial charge in [-0.25, -0.2) is 19.5 Å². The fourth-order valence-electron chi connectivity index (χ4n) is 6.77. The number of rotatable bonds is 11. The van der Waals surface area contributed by atoms with Crippen LogP contribution in [0.4, 0.5) is 16.3 Å². The lowest BCUT2D eigenvalue weighted by Gasteiger charge is -2.42. The van der Waals surface area contributed by atoms with Crippen molar-refractivity contribution in [1.82, 2.24) is 14.5 Å². The predicted molar refractivity (Wildman–Crippen MR) is 183 cm³/mol. The van der Waals surface area contributed by atoms with E-state index < -0.39 is 30.6 Å². The number of fused-ring (bicyclic) bond motifs is 2. The third-order valence-corrected chi connectivity index (χ3v) is 9.15. The first-order valence-corrected chi connectivity index (χ1v) is 17.2. The van der Waals surface area contributed by atoms with E-state index in [0.717, 1.165) is 36.1 Å². The maximum Gasteiger partial charge on any atom is 0.414 e. The van der Waals surface area contributed by atoms with Crippen LogP contribution in [0.15, 0.2) is 42.6 Å². The van der Waals surface area contributed by atoms with Crippen LogP contribution in [0.5, 0.6) is 11.5 Å². The first-order valence-electron chi connectivity index (χ1n) is 17.2. The zero-order valence-electron chi connectivity index (χ0n) is 29.0. The number of hydrogen-bond donors (Lipinski definition) is 2. The number of anilines is 2. The van der Waals surface area contributed by atoms with Gasteiger partial charge in [0.2, 0.25) is 11.7 Å². The molecule has 2 saturated heterocycles. The van der Waals surface area contributed by atoms with Crippen LogP contribution in [0.3, 0.4) is 0 Å². The minimum atomic E-state index is -1.26. The van der Waals surface area contributed by atoms with Gasteiger partial charge in [0.1, 0.15) is 6.61 Å². The Morgan fingerprint density at radius 1 is 1.06 bits per heavy atom. The van der Waals surface area contributed by atoms with Crippen molar-refractivity contribution in [1.29, 1.82) is 0 Å². The summed E-state index contributed by atoms with van der Waals surface area (Å²) in [6.45, 7) is 2.96. The van der Waals surface area contributed by atoms with Gasteiger partial charge < -0.3 is 43.6 Å². The molecule has 0 saturated carbocycles. The van der Waals surface area contributed by atoms with Gasteiger partial charge in [0.05, 0.1) is 37.4 Å². The second-order valence-electron chi connectivity index (χ2n) is 12.7. The molecule has 2 fully saturated rings. The van der Waals surface area contributed by atoms with Gasteiger partial charge in [-0.2, -0.15) is 0 Å². The molecule has 2 aromatic carbocycles. The van der Waals surface area contributed by atoms with Crippen molar-refractivity contribution < 1.29 is 48.0 Å². The lowest BCUT2D eigenvalue weighted by molar-refractivity contribution is -0.198. The van der Waals surface area contributed by atoms with E-state index in [1.165, 1.54) is 30.0 Å². The van der Waals surface area contributed by atoms with Crippen molar-refractivity contribution in [3.63, 3.8) is 0 Å². The van der Waals surface area contributed by atoms with E-state index in [2.05, 4.69) is 10.3 Å². The standard InChI is InChI=1S/C36H43N5O10/c1-4-48-35(44)32-38-29(20-39(32)2)37-30(42)17-22-10-9-11-23(16-22)21-50-28-19-26-24(18-27(28)47-3)33(43)40-14-7-5-12-25(40)34(41(26)36(45)46)51-31-13-6-8-15-49-31/h9-11,16,18-20,25,31,34H,4-8,12-15,17,21H2,1-3H3,(H,37,42)(H,45,46)/t25-,31?,34?/m0/s1. The van der Waals surface area contributed by atoms with Gasteiger partial charge in [0.15, 0.2) is 29.8 Å². The van der Waals surface area contributed by atoms with Gasteiger partial charge in [-0.3, -0.25) is 9.59 Å². The number of hydrogen-bond acceptors (Lipinski definition) is 10. The van der Waals surface area contributed by atoms with Crippen molar-refractivity contribution >= 4 is 35.4 Å². The summed E-state index contributed by atoms with van der Waals surface area (Å²) in [6.07, 6.45) is 3.40. The molecule has 0 radical (unpaired) electrons. The van der Waals surface area contributed by atoms with E-state index in [-0.39, 0.29) is 65.8 Å². The highest BCUT2D eigenvalue weighted by atomic mass is 16.7. The number of carbonyl (C=O) groups is 4. The lowest BCUT2D eigenvalue weighted by Crippen LogP contribution is -2.57. The van der Waals surface area contributed by atoms with Gasteiger partial charge in [-0.1, -0.05) is 24.3 Å². The molecular weight excluding hydrogens is 662 g/mol. The molecule has 0 bridgehead atoms. The molecule has 3 atom stereocenters. The summed E-state index contributed by atoms with van der Waals surface area (Å²) in [7, 11) is 3.09. The number of aromatic nitrogens is 2. The SMILES string of the molecule is CCOC(=O)c1nc(NC(=O)Cc2cccc(COc3cc4c(cc3OC)C(=O)N3CCCC[C@H]3C(OC3CCCCO3)N4C(=O)O)c2)cn1C. The zero-order chi connectivity index (χ0) is 36.1. The van der Waals surface area contributed by atoms with Gasteiger partial charge in [0, 0.05) is 32.5 Å². The number of nitrogens with zero attached hydrogens (tertiary/aromatic N) is 4. The maximum atomic E-state index is 14.0. The third-order valence-electron chi connectivity index (χ3n) is 9.15. The van der Waals surface area contributed by atoms with E-state index in [9.17, 15) is 24.3 Å². The van der Waals surface area contributed by atoms with Crippen molar-refractivity contribution in [2.45, 2.75) is 77.0 Å². The number of carbonyl (C=O) groups excluding carboxylic acids is 3. The van der Waals surface area contributed by atoms with Crippen LogP contribution in [-0.2, 0) is 39.1 Å². The summed E-state index contributed by atoms with van der Waals surface area (Å²) < 4.78 is 30.6. The Kier molecular flexibility index (Phi) is 11.1. The number of methoxy groups -OCH3 is 1. The normalized spacial score (nSPS) is 20.1. The summed E-state index contributed by atoms with van der Waals surface area (Å²) in [5.41, 5.74) is 1.76. The van der Waals surface area contributed by atoms with Crippen LogP contribution in [0, 0.1) is 0 Å². The predicted octanol–water partition coefficient (Wildman–Crippen LogP) is 4.73. The van der Waals surface area contributed by atoms with Gasteiger partial charge in [-0.15, -0.1) is 0 Å². The Balaban J connectivity index is 1.21. The highest BCUT2D eigenvalue weighted by molar-refractivity contribution is 6.05. The van der Waals surface area contributed by atoms with Crippen molar-refractivity contribution in [3.05, 3.63) is 65.1 Å². The molecule has 2 N–H and O–H groups in total. The monoisotopic (exact) mass is 705 g/mol. The van der Waals surface area contributed by atoms with Crippen LogP contribution in [0.25, 0.3) is 0 Å². The second-order valence-corrected chi connectivity index (χ2v) is 12.7. The molecule has 15 nitrogen and oxygen atoms in total. The lowest BCUT2D eigenvalue weighted by atomic mass is 10.00. The van der Waals surface area contributed by atoms with E-state index >= 15 is 0 Å². The van der Waals surface area contributed by atoms with Crippen molar-refractivity contribution in [2.24, 2.45) is 7.05 Å². The third kappa shape index (κ3) is 7.94. The topological polar surface area (TPSA) is 171 Å². The van der Waals surface area contributed by atoms with Crippen LogP contribution >= 0.6 is 0 Å². The molecule has 3 aromatic rings. The summed E-state index contributed by atoms with van der Waals surface area (Å²) in [5, 5.41) is 13.3. The second kappa shape index (κ2) is 15.8. The molecule has 3 aliphatic heterocycles. The summed E-state index contributed by atoms with van der Waals surface area (Å²) in [6, 6.07) is 9.80. The first-order chi connectivity index (χ1) is 24.7. The summed E-state index contributed by atoms with van der Waals surface area (Å²) in [5.74, 6) is -0.409. The molecule has 0 spiro atoms. The van der Waals surface area contributed by atoms with E-state index in [0.29, 0.717) is 31.6 Å². The molecule has 272 valence electrons. The van der Waals surface area contributed by atoms with E-state index in [1.54, 1.807) is 31.0 Å². The number of piperidine rings is 1. The maximum absolute atomic E-state index is 14.0. The molecular formula is C36H43N5O10. The number of carboxylic acid groups (broad SMARTS) is 1. The Bertz CT molecular complexity index is 1770. The Labute approximate surface area is 295 Å². The average molecular weight is 706 g/mol. The van der Waals surface area contributed by atoms with E-state index in [4.69, 9.17) is 23.7 Å². The molecule has 15 heteroatoms. The summed E-state index contributed by atoms with van der Waals surface area (Å²) in [4.78, 5) is 59.0. The number of benzene rings is 2. The number of ether oxygens (including phenoxy) is 5. The first kappa shape index (κ1) is 35.7. The Morgan fingerprint density at radius 3 is 2.61 bits per heavy atom. The van der Waals surface area contributed by atoms with Gasteiger partial charge in [-0.05, 0) is 62.6 Å². The number of esters is 1. The quantitative estimate of drug-likeness (QED) is 0.265. The van der Waals surface area contributed by atoms with Gasteiger partial charge >= 0.3 is 12.1 Å². The fraction of sp³-hybridized carbons (Fsp3) is 0.472. The molecule has 6 rings (SSSR count). The number of nitrogens with one attached hydrogen (secondary N) is 1.